The monoisotopic (exact) mass is 261 g/mol. The molecule has 20 heavy (non-hydrogen) atoms. The summed E-state index contributed by atoms with van der Waals surface area (Å²) in [6, 6.07) is 18.7. The number of fused-ring (bicyclic) bond motifs is 3. The molecule has 0 saturated heterocycles. The van der Waals surface area contributed by atoms with Crippen LogP contribution in [0.2, 0.25) is 0 Å². The van der Waals surface area contributed by atoms with Gasteiger partial charge in [-0.05, 0) is 39.3 Å². The van der Waals surface area contributed by atoms with Gasteiger partial charge in [0.2, 0.25) is 5.91 Å². The second-order valence-electron chi connectivity index (χ2n) is 4.72. The minimum atomic E-state index is -0.151. The zero-order valence-electron chi connectivity index (χ0n) is 11.1. The number of benzene rings is 3. The van der Waals surface area contributed by atoms with Gasteiger partial charge in [-0.25, -0.2) is 0 Å². The average Bonchev–Trinajstić information content (AvgIpc) is 2.52. The summed E-state index contributed by atoms with van der Waals surface area (Å²) < 4.78 is 0. The predicted molar refractivity (Wildman–Crippen MR) is 83.5 cm³/mol. The molecule has 2 heteroatoms. The van der Waals surface area contributed by atoms with Crippen molar-refractivity contribution < 1.29 is 4.79 Å². The summed E-state index contributed by atoms with van der Waals surface area (Å²) in [7, 11) is 0. The SMILES string of the molecule is C=CC(=O)NCc1cc2ccccc2c2ccccc12. The molecule has 0 spiro atoms. The van der Waals surface area contributed by atoms with E-state index >= 15 is 0 Å². The molecule has 0 radical (unpaired) electrons. The average molecular weight is 261 g/mol. The Balaban J connectivity index is 2.18. The zero-order valence-corrected chi connectivity index (χ0v) is 11.1. The Morgan fingerprint density at radius 2 is 1.65 bits per heavy atom. The van der Waals surface area contributed by atoms with E-state index < -0.39 is 0 Å². The lowest BCUT2D eigenvalue weighted by molar-refractivity contribution is -0.116. The molecule has 0 bridgehead atoms. The Morgan fingerprint density at radius 1 is 1.00 bits per heavy atom. The van der Waals surface area contributed by atoms with Gasteiger partial charge in [0.1, 0.15) is 0 Å². The van der Waals surface area contributed by atoms with Crippen molar-refractivity contribution in [2.75, 3.05) is 0 Å². The molecular formula is C18H15NO. The maximum Gasteiger partial charge on any atom is 0.243 e. The molecule has 0 aliphatic rings. The molecule has 0 aliphatic heterocycles. The van der Waals surface area contributed by atoms with E-state index in [9.17, 15) is 4.79 Å². The van der Waals surface area contributed by atoms with E-state index in [1.807, 2.05) is 24.3 Å². The third-order valence-electron chi connectivity index (χ3n) is 3.49. The van der Waals surface area contributed by atoms with Crippen LogP contribution >= 0.6 is 0 Å². The normalized spacial score (nSPS) is 10.6. The molecule has 0 aliphatic carbocycles. The van der Waals surface area contributed by atoms with Gasteiger partial charge in [-0.2, -0.15) is 0 Å². The summed E-state index contributed by atoms with van der Waals surface area (Å²) in [5, 5.41) is 7.67. The van der Waals surface area contributed by atoms with E-state index in [0.29, 0.717) is 6.54 Å². The first-order valence-electron chi connectivity index (χ1n) is 6.59. The van der Waals surface area contributed by atoms with Gasteiger partial charge >= 0.3 is 0 Å². The molecule has 0 fully saturated rings. The minimum absolute atomic E-state index is 0.151. The van der Waals surface area contributed by atoms with Gasteiger partial charge in [-0.3, -0.25) is 4.79 Å². The fourth-order valence-electron chi connectivity index (χ4n) is 2.53. The number of hydrogen-bond donors (Lipinski definition) is 1. The van der Waals surface area contributed by atoms with E-state index in [1.165, 1.54) is 27.6 Å². The van der Waals surface area contributed by atoms with Gasteiger partial charge in [0, 0.05) is 6.54 Å². The number of hydrogen-bond acceptors (Lipinski definition) is 1. The van der Waals surface area contributed by atoms with E-state index in [4.69, 9.17) is 0 Å². The highest BCUT2D eigenvalue weighted by molar-refractivity contribution is 6.09. The van der Waals surface area contributed by atoms with Gasteiger partial charge in [0.15, 0.2) is 0 Å². The maximum absolute atomic E-state index is 11.4. The summed E-state index contributed by atoms with van der Waals surface area (Å²) in [5.74, 6) is -0.151. The van der Waals surface area contributed by atoms with E-state index in [1.54, 1.807) is 0 Å². The van der Waals surface area contributed by atoms with Crippen LogP contribution in [-0.2, 0) is 11.3 Å². The van der Waals surface area contributed by atoms with Gasteiger partial charge in [-0.1, -0.05) is 55.1 Å². The van der Waals surface area contributed by atoms with E-state index in [-0.39, 0.29) is 5.91 Å². The van der Waals surface area contributed by atoms with Crippen LogP contribution in [0.4, 0.5) is 0 Å². The van der Waals surface area contributed by atoms with Crippen molar-refractivity contribution in [1.29, 1.82) is 0 Å². The third-order valence-corrected chi connectivity index (χ3v) is 3.49. The molecule has 0 aromatic heterocycles. The molecule has 0 atom stereocenters. The number of nitrogens with one attached hydrogen (secondary N) is 1. The third kappa shape index (κ3) is 2.16. The second-order valence-corrected chi connectivity index (χ2v) is 4.72. The van der Waals surface area contributed by atoms with Crippen LogP contribution in [0.15, 0.2) is 67.3 Å². The first-order chi connectivity index (χ1) is 9.79. The van der Waals surface area contributed by atoms with Crippen LogP contribution in [0.1, 0.15) is 5.56 Å². The van der Waals surface area contributed by atoms with Crippen molar-refractivity contribution in [2.24, 2.45) is 0 Å². The Morgan fingerprint density at radius 3 is 2.40 bits per heavy atom. The molecule has 98 valence electrons. The second kappa shape index (κ2) is 5.17. The summed E-state index contributed by atoms with van der Waals surface area (Å²) in [5.41, 5.74) is 1.12. The Hall–Kier alpha value is -2.61. The fraction of sp³-hybridized carbons (Fsp3) is 0.0556. The van der Waals surface area contributed by atoms with Crippen molar-refractivity contribution in [3.63, 3.8) is 0 Å². The molecule has 0 saturated carbocycles. The van der Waals surface area contributed by atoms with Crippen molar-refractivity contribution >= 4 is 27.5 Å². The summed E-state index contributed by atoms with van der Waals surface area (Å²) in [6.45, 7) is 3.98. The smallest absolute Gasteiger partial charge is 0.243 e. The van der Waals surface area contributed by atoms with Gasteiger partial charge in [0.25, 0.3) is 0 Å². The van der Waals surface area contributed by atoms with Crippen LogP contribution in [-0.4, -0.2) is 5.91 Å². The predicted octanol–water partition coefficient (Wildman–Crippen LogP) is 3.80. The topological polar surface area (TPSA) is 29.1 Å². The lowest BCUT2D eigenvalue weighted by atomic mass is 9.97. The highest BCUT2D eigenvalue weighted by atomic mass is 16.1. The van der Waals surface area contributed by atoms with Gasteiger partial charge in [0.05, 0.1) is 0 Å². The molecule has 3 aromatic carbocycles. The Labute approximate surface area is 117 Å². The van der Waals surface area contributed by atoms with Crippen LogP contribution in [0.25, 0.3) is 21.5 Å². The highest BCUT2D eigenvalue weighted by Crippen LogP contribution is 2.28. The quantitative estimate of drug-likeness (QED) is 0.564. The number of amides is 1. The van der Waals surface area contributed by atoms with Crippen LogP contribution in [0.5, 0.6) is 0 Å². The first-order valence-corrected chi connectivity index (χ1v) is 6.59. The standard InChI is InChI=1S/C18H15NO/c1-2-18(20)19-12-14-11-13-7-3-4-8-15(13)17-10-6-5-9-16(14)17/h2-11H,1,12H2,(H,19,20). The molecule has 0 unspecified atom stereocenters. The van der Waals surface area contributed by atoms with Crippen molar-refractivity contribution in [3.8, 4) is 0 Å². The lowest BCUT2D eigenvalue weighted by Crippen LogP contribution is -2.20. The van der Waals surface area contributed by atoms with E-state index in [2.05, 4.69) is 42.2 Å². The maximum atomic E-state index is 11.4. The number of carbonyl (C=O) groups excluding carboxylic acids is 1. The largest absolute Gasteiger partial charge is 0.348 e. The Kier molecular flexibility index (Phi) is 3.21. The summed E-state index contributed by atoms with van der Waals surface area (Å²) in [6.07, 6.45) is 1.29. The number of rotatable bonds is 3. The van der Waals surface area contributed by atoms with Crippen LogP contribution in [0.3, 0.4) is 0 Å². The summed E-state index contributed by atoms with van der Waals surface area (Å²) in [4.78, 5) is 11.4. The lowest BCUT2D eigenvalue weighted by Gasteiger charge is -2.10. The minimum Gasteiger partial charge on any atom is -0.348 e. The van der Waals surface area contributed by atoms with Crippen LogP contribution < -0.4 is 5.32 Å². The van der Waals surface area contributed by atoms with Crippen LogP contribution in [0, 0.1) is 0 Å². The molecule has 0 heterocycles. The van der Waals surface area contributed by atoms with Crippen molar-refractivity contribution in [2.45, 2.75) is 6.54 Å². The molecule has 3 rings (SSSR count). The molecule has 3 aromatic rings. The highest BCUT2D eigenvalue weighted by Gasteiger charge is 2.06. The first kappa shape index (κ1) is 12.4. The van der Waals surface area contributed by atoms with Crippen molar-refractivity contribution in [1.82, 2.24) is 5.32 Å². The molecule has 1 amide bonds. The van der Waals surface area contributed by atoms with Crippen molar-refractivity contribution in [3.05, 3.63) is 72.8 Å². The summed E-state index contributed by atoms with van der Waals surface area (Å²) >= 11 is 0. The molecule has 1 N–H and O–H groups in total. The number of carbonyl (C=O) groups is 1. The van der Waals surface area contributed by atoms with E-state index in [0.717, 1.165) is 5.56 Å². The van der Waals surface area contributed by atoms with Gasteiger partial charge < -0.3 is 5.32 Å². The zero-order chi connectivity index (χ0) is 13.9. The van der Waals surface area contributed by atoms with Gasteiger partial charge in [-0.15, -0.1) is 0 Å². The fourth-order valence-corrected chi connectivity index (χ4v) is 2.53. The Bertz CT molecular complexity index is 805. The molecular weight excluding hydrogens is 246 g/mol. The molecule has 2 nitrogen and oxygen atoms in total.